The van der Waals surface area contributed by atoms with E-state index in [0.717, 1.165) is 6.42 Å². The standard InChI is InChI=1S/C14H21ClN2O3/c1-10(14(18)16-7-4-8-19-2)17-13-9-11(20-3)5-6-12(13)15/h5-6,9-10,17H,4,7-8H2,1-3H3,(H,16,18). The lowest BCUT2D eigenvalue weighted by molar-refractivity contribution is -0.121. The first kappa shape index (κ1) is 16.6. The summed E-state index contributed by atoms with van der Waals surface area (Å²) in [5.41, 5.74) is 0.672. The van der Waals surface area contributed by atoms with Gasteiger partial charge >= 0.3 is 0 Å². The van der Waals surface area contributed by atoms with Gasteiger partial charge in [-0.2, -0.15) is 0 Å². The summed E-state index contributed by atoms with van der Waals surface area (Å²) in [5, 5.41) is 6.45. The van der Waals surface area contributed by atoms with Crippen molar-refractivity contribution in [1.29, 1.82) is 0 Å². The Bertz CT molecular complexity index is 440. The average molecular weight is 301 g/mol. The number of hydrogen-bond acceptors (Lipinski definition) is 4. The van der Waals surface area contributed by atoms with Crippen LogP contribution in [0, 0.1) is 0 Å². The highest BCUT2D eigenvalue weighted by Crippen LogP contribution is 2.27. The molecule has 0 spiro atoms. The summed E-state index contributed by atoms with van der Waals surface area (Å²) >= 11 is 6.08. The number of ether oxygens (including phenoxy) is 2. The van der Waals surface area contributed by atoms with E-state index in [1.165, 1.54) is 0 Å². The third-order valence-electron chi connectivity index (χ3n) is 2.76. The number of anilines is 1. The van der Waals surface area contributed by atoms with E-state index < -0.39 is 0 Å². The summed E-state index contributed by atoms with van der Waals surface area (Å²) in [6.45, 7) is 3.00. The topological polar surface area (TPSA) is 59.6 Å². The summed E-state index contributed by atoms with van der Waals surface area (Å²) in [5.74, 6) is 0.601. The van der Waals surface area contributed by atoms with Crippen LogP contribution in [0.1, 0.15) is 13.3 Å². The Labute approximate surface area is 124 Å². The molecule has 0 saturated carbocycles. The zero-order valence-corrected chi connectivity index (χ0v) is 12.8. The average Bonchev–Trinajstić information content (AvgIpc) is 2.45. The second-order valence-electron chi connectivity index (χ2n) is 4.35. The Hall–Kier alpha value is -1.46. The van der Waals surface area contributed by atoms with E-state index in [2.05, 4.69) is 10.6 Å². The molecule has 5 nitrogen and oxygen atoms in total. The van der Waals surface area contributed by atoms with Crippen molar-refractivity contribution in [2.45, 2.75) is 19.4 Å². The summed E-state index contributed by atoms with van der Waals surface area (Å²) < 4.78 is 10.1. The lowest BCUT2D eigenvalue weighted by Crippen LogP contribution is -2.38. The van der Waals surface area contributed by atoms with Gasteiger partial charge in [-0.3, -0.25) is 4.79 Å². The third-order valence-corrected chi connectivity index (χ3v) is 3.09. The lowest BCUT2D eigenvalue weighted by atomic mass is 10.2. The molecule has 20 heavy (non-hydrogen) atoms. The van der Waals surface area contributed by atoms with Crippen LogP contribution in [-0.4, -0.2) is 39.3 Å². The summed E-state index contributed by atoms with van der Waals surface area (Å²) in [4.78, 5) is 11.9. The van der Waals surface area contributed by atoms with Crippen LogP contribution >= 0.6 is 11.6 Å². The van der Waals surface area contributed by atoms with Crippen molar-refractivity contribution in [2.24, 2.45) is 0 Å². The van der Waals surface area contributed by atoms with Gasteiger partial charge in [-0.15, -0.1) is 0 Å². The van der Waals surface area contributed by atoms with Crippen molar-refractivity contribution in [3.63, 3.8) is 0 Å². The molecule has 1 aromatic carbocycles. The number of methoxy groups -OCH3 is 2. The van der Waals surface area contributed by atoms with Gasteiger partial charge in [-0.25, -0.2) is 0 Å². The van der Waals surface area contributed by atoms with Crippen LogP contribution in [0.5, 0.6) is 5.75 Å². The first-order chi connectivity index (χ1) is 9.58. The van der Waals surface area contributed by atoms with Crippen molar-refractivity contribution in [3.05, 3.63) is 23.2 Å². The zero-order chi connectivity index (χ0) is 15.0. The molecule has 0 radical (unpaired) electrons. The summed E-state index contributed by atoms with van der Waals surface area (Å²) in [6.07, 6.45) is 0.787. The SMILES string of the molecule is COCCCNC(=O)C(C)Nc1cc(OC)ccc1Cl. The number of halogens is 1. The van der Waals surface area contributed by atoms with Crippen LogP contribution < -0.4 is 15.4 Å². The molecule has 6 heteroatoms. The maximum Gasteiger partial charge on any atom is 0.242 e. The number of benzene rings is 1. The minimum Gasteiger partial charge on any atom is -0.497 e. The molecule has 0 saturated heterocycles. The number of nitrogens with one attached hydrogen (secondary N) is 2. The third kappa shape index (κ3) is 5.27. The molecular weight excluding hydrogens is 280 g/mol. The summed E-state index contributed by atoms with van der Waals surface area (Å²) in [6, 6.07) is 4.87. The molecule has 1 atom stereocenters. The molecule has 1 aromatic rings. The van der Waals surface area contributed by atoms with Gasteiger partial charge in [-0.05, 0) is 25.5 Å². The summed E-state index contributed by atoms with van der Waals surface area (Å²) in [7, 11) is 3.22. The Morgan fingerprint density at radius 2 is 2.15 bits per heavy atom. The number of carbonyl (C=O) groups excluding carboxylic acids is 1. The molecule has 2 N–H and O–H groups in total. The van der Waals surface area contributed by atoms with Crippen molar-refractivity contribution in [3.8, 4) is 5.75 Å². The van der Waals surface area contributed by atoms with Crippen LogP contribution in [0.25, 0.3) is 0 Å². The Morgan fingerprint density at radius 3 is 2.80 bits per heavy atom. The van der Waals surface area contributed by atoms with Crippen molar-refractivity contribution < 1.29 is 14.3 Å². The fraction of sp³-hybridized carbons (Fsp3) is 0.500. The smallest absolute Gasteiger partial charge is 0.242 e. The lowest BCUT2D eigenvalue weighted by Gasteiger charge is -2.16. The highest BCUT2D eigenvalue weighted by Gasteiger charge is 2.13. The molecule has 0 aliphatic rings. The minimum absolute atomic E-state index is 0.0833. The number of rotatable bonds is 8. The van der Waals surface area contributed by atoms with Crippen molar-refractivity contribution >= 4 is 23.2 Å². The Kier molecular flexibility index (Phi) is 7.18. The molecule has 0 aliphatic heterocycles. The van der Waals surface area contributed by atoms with Gasteiger partial charge in [0, 0.05) is 26.3 Å². The first-order valence-corrected chi connectivity index (χ1v) is 6.83. The van der Waals surface area contributed by atoms with Crippen LogP contribution in [-0.2, 0) is 9.53 Å². The van der Waals surface area contributed by atoms with Gasteiger partial charge in [0.2, 0.25) is 5.91 Å². The molecule has 0 aromatic heterocycles. The minimum atomic E-state index is -0.387. The Balaban J connectivity index is 2.52. The van der Waals surface area contributed by atoms with Gasteiger partial charge in [-0.1, -0.05) is 11.6 Å². The highest BCUT2D eigenvalue weighted by atomic mass is 35.5. The monoisotopic (exact) mass is 300 g/mol. The second kappa shape index (κ2) is 8.66. The van der Waals surface area contributed by atoms with E-state index >= 15 is 0 Å². The van der Waals surface area contributed by atoms with Crippen molar-refractivity contribution in [1.82, 2.24) is 5.32 Å². The number of hydrogen-bond donors (Lipinski definition) is 2. The van der Waals surface area contributed by atoms with E-state index in [4.69, 9.17) is 21.1 Å². The van der Waals surface area contributed by atoms with Gasteiger partial charge in [0.1, 0.15) is 11.8 Å². The molecule has 0 heterocycles. The van der Waals surface area contributed by atoms with E-state index in [1.54, 1.807) is 39.3 Å². The van der Waals surface area contributed by atoms with Gasteiger partial charge in [0.05, 0.1) is 17.8 Å². The predicted octanol–water partition coefficient (Wildman–Crippen LogP) is 2.30. The van der Waals surface area contributed by atoms with Crippen molar-refractivity contribution in [2.75, 3.05) is 32.7 Å². The van der Waals surface area contributed by atoms with Crippen LogP contribution in [0.2, 0.25) is 5.02 Å². The van der Waals surface area contributed by atoms with Gasteiger partial charge in [0.25, 0.3) is 0 Å². The quantitative estimate of drug-likeness (QED) is 0.723. The Morgan fingerprint density at radius 1 is 1.40 bits per heavy atom. The number of amides is 1. The molecular formula is C14H21ClN2O3. The highest BCUT2D eigenvalue weighted by molar-refractivity contribution is 6.33. The van der Waals surface area contributed by atoms with E-state index in [9.17, 15) is 4.79 Å². The molecule has 0 bridgehead atoms. The maximum absolute atomic E-state index is 11.9. The van der Waals surface area contributed by atoms with Crippen LogP contribution in [0.3, 0.4) is 0 Å². The maximum atomic E-state index is 11.9. The largest absolute Gasteiger partial charge is 0.497 e. The molecule has 1 unspecified atom stereocenters. The molecule has 0 aliphatic carbocycles. The molecule has 0 fully saturated rings. The second-order valence-corrected chi connectivity index (χ2v) is 4.76. The van der Waals surface area contributed by atoms with E-state index in [1.807, 2.05) is 0 Å². The zero-order valence-electron chi connectivity index (χ0n) is 12.0. The number of carbonyl (C=O) groups is 1. The van der Waals surface area contributed by atoms with Crippen LogP contribution in [0.15, 0.2) is 18.2 Å². The van der Waals surface area contributed by atoms with Gasteiger partial charge in [0.15, 0.2) is 0 Å². The van der Waals surface area contributed by atoms with Crippen LogP contribution in [0.4, 0.5) is 5.69 Å². The molecule has 1 rings (SSSR count). The molecule has 1 amide bonds. The first-order valence-electron chi connectivity index (χ1n) is 6.45. The normalized spacial score (nSPS) is 11.8. The fourth-order valence-electron chi connectivity index (χ4n) is 1.62. The predicted molar refractivity (Wildman–Crippen MR) is 80.6 cm³/mol. The fourth-order valence-corrected chi connectivity index (χ4v) is 1.79. The molecule has 112 valence electrons. The van der Waals surface area contributed by atoms with Gasteiger partial charge < -0.3 is 20.1 Å². The van der Waals surface area contributed by atoms with E-state index in [0.29, 0.717) is 29.6 Å². The van der Waals surface area contributed by atoms with E-state index in [-0.39, 0.29) is 11.9 Å².